The number of hydroxylamine groups is 1. The van der Waals surface area contributed by atoms with Crippen molar-refractivity contribution in [3.63, 3.8) is 0 Å². The summed E-state index contributed by atoms with van der Waals surface area (Å²) in [5.74, 6) is -0.654. The van der Waals surface area contributed by atoms with Crippen LogP contribution in [0.15, 0.2) is 41.8 Å². The second kappa shape index (κ2) is 6.20. The standard InChI is InChI=1S/C15H19NO5S/c1-4-12-10-15(12,14(17)20-5-2)16-21-22(18,19)13-8-6-11(3)7-9-13/h4,6-9,12,16H,1,5,10H2,2-3H3/p+1/t12-,15-/m1/s1. The summed E-state index contributed by atoms with van der Waals surface area (Å²) in [5.41, 5.74) is 0.974. The molecule has 1 aliphatic rings. The summed E-state index contributed by atoms with van der Waals surface area (Å²) in [4.78, 5) is 12.1. The van der Waals surface area contributed by atoms with Gasteiger partial charge in [0.25, 0.3) is 0 Å². The molecule has 0 radical (unpaired) electrons. The molecule has 2 atom stereocenters. The van der Waals surface area contributed by atoms with Crippen molar-refractivity contribution >= 4 is 16.1 Å². The lowest BCUT2D eigenvalue weighted by molar-refractivity contribution is -0.886. The van der Waals surface area contributed by atoms with Gasteiger partial charge in [-0.3, -0.25) is 0 Å². The zero-order chi connectivity index (χ0) is 16.4. The Morgan fingerprint density at radius 1 is 1.45 bits per heavy atom. The zero-order valence-corrected chi connectivity index (χ0v) is 13.4. The Labute approximate surface area is 130 Å². The first-order valence-electron chi connectivity index (χ1n) is 7.00. The van der Waals surface area contributed by atoms with Gasteiger partial charge in [0.15, 0.2) is 0 Å². The second-order valence-corrected chi connectivity index (χ2v) is 6.86. The van der Waals surface area contributed by atoms with E-state index in [1.54, 1.807) is 25.1 Å². The van der Waals surface area contributed by atoms with Gasteiger partial charge >= 0.3 is 16.1 Å². The number of carbonyl (C=O) groups is 1. The van der Waals surface area contributed by atoms with E-state index in [4.69, 9.17) is 9.02 Å². The molecule has 120 valence electrons. The number of ether oxygens (including phenoxy) is 1. The van der Waals surface area contributed by atoms with Crippen LogP contribution in [0.25, 0.3) is 0 Å². The van der Waals surface area contributed by atoms with E-state index >= 15 is 0 Å². The van der Waals surface area contributed by atoms with Crippen molar-refractivity contribution in [2.45, 2.75) is 30.7 Å². The Morgan fingerprint density at radius 3 is 2.59 bits per heavy atom. The number of hydrogen-bond donors (Lipinski definition) is 1. The van der Waals surface area contributed by atoms with Gasteiger partial charge in [-0.2, -0.15) is 13.9 Å². The summed E-state index contributed by atoms with van der Waals surface area (Å²) in [6, 6.07) is 6.29. The second-order valence-electron chi connectivity index (χ2n) is 5.29. The predicted octanol–water partition coefficient (Wildman–Crippen LogP) is 0.687. The Morgan fingerprint density at radius 2 is 2.09 bits per heavy atom. The van der Waals surface area contributed by atoms with Crippen LogP contribution >= 0.6 is 0 Å². The van der Waals surface area contributed by atoms with E-state index in [1.165, 1.54) is 12.1 Å². The molecule has 7 heteroatoms. The molecule has 0 aliphatic heterocycles. The highest BCUT2D eigenvalue weighted by atomic mass is 32.2. The number of benzene rings is 1. The lowest BCUT2D eigenvalue weighted by atomic mass is 10.2. The molecule has 22 heavy (non-hydrogen) atoms. The summed E-state index contributed by atoms with van der Waals surface area (Å²) < 4.78 is 34.3. The molecule has 0 saturated heterocycles. The quantitative estimate of drug-likeness (QED) is 0.452. The van der Waals surface area contributed by atoms with Crippen LogP contribution in [0.4, 0.5) is 0 Å². The highest BCUT2D eigenvalue weighted by Gasteiger charge is 2.66. The van der Waals surface area contributed by atoms with E-state index in [1.807, 2.05) is 6.92 Å². The first-order valence-corrected chi connectivity index (χ1v) is 8.40. The number of quaternary nitrogens is 1. The highest BCUT2D eigenvalue weighted by Crippen LogP contribution is 2.41. The van der Waals surface area contributed by atoms with Gasteiger partial charge in [0.2, 0.25) is 5.54 Å². The minimum atomic E-state index is -3.95. The fourth-order valence-electron chi connectivity index (χ4n) is 2.19. The molecule has 2 rings (SSSR count). The first-order chi connectivity index (χ1) is 10.4. The monoisotopic (exact) mass is 326 g/mol. The van der Waals surface area contributed by atoms with E-state index in [9.17, 15) is 13.2 Å². The number of aryl methyl sites for hydroxylation is 1. The molecule has 1 saturated carbocycles. The summed E-state index contributed by atoms with van der Waals surface area (Å²) >= 11 is 0. The molecule has 1 fully saturated rings. The Kier molecular flexibility index (Phi) is 4.69. The molecule has 1 aromatic rings. The van der Waals surface area contributed by atoms with Gasteiger partial charge in [-0.05, 0) is 26.0 Å². The normalized spacial score (nSPS) is 23.8. The molecule has 0 heterocycles. The Hall–Kier alpha value is -1.70. The van der Waals surface area contributed by atoms with Crippen LogP contribution in [0, 0.1) is 12.8 Å². The van der Waals surface area contributed by atoms with Gasteiger partial charge in [-0.15, -0.1) is 6.58 Å². The Bertz CT molecular complexity index is 668. The molecular formula is C15H20NO5S+. The lowest BCUT2D eigenvalue weighted by Crippen LogP contribution is -2.94. The molecule has 0 aromatic heterocycles. The molecule has 2 N–H and O–H groups in total. The van der Waals surface area contributed by atoms with Crippen molar-refractivity contribution in [3.8, 4) is 0 Å². The molecule has 1 aliphatic carbocycles. The minimum Gasteiger partial charge on any atom is -0.461 e. The third kappa shape index (κ3) is 3.21. The van der Waals surface area contributed by atoms with E-state index in [2.05, 4.69) is 6.58 Å². The van der Waals surface area contributed by atoms with Crippen LogP contribution in [0.2, 0.25) is 0 Å². The fourth-order valence-corrected chi connectivity index (χ4v) is 3.07. The lowest BCUT2D eigenvalue weighted by Gasteiger charge is -2.12. The SMILES string of the molecule is C=C[C@@H]1C[C@]1([NH2+]OS(=O)(=O)c1ccc(C)cc1)C(=O)OCC. The molecule has 6 nitrogen and oxygen atoms in total. The number of esters is 1. The summed E-state index contributed by atoms with van der Waals surface area (Å²) in [5, 5.41) is 0. The molecule has 0 spiro atoms. The van der Waals surface area contributed by atoms with Crippen molar-refractivity contribution in [3.05, 3.63) is 42.5 Å². The molecule has 0 amide bonds. The van der Waals surface area contributed by atoms with E-state index in [-0.39, 0.29) is 17.4 Å². The van der Waals surface area contributed by atoms with E-state index < -0.39 is 21.6 Å². The van der Waals surface area contributed by atoms with Crippen LogP contribution in [0.5, 0.6) is 0 Å². The minimum absolute atomic E-state index is 0.0455. The first kappa shape index (κ1) is 16.7. The van der Waals surface area contributed by atoms with Crippen LogP contribution in [0.1, 0.15) is 18.9 Å². The third-order valence-electron chi connectivity index (χ3n) is 3.69. The summed E-state index contributed by atoms with van der Waals surface area (Å²) in [6.45, 7) is 7.42. The topological polar surface area (TPSA) is 86.3 Å². The van der Waals surface area contributed by atoms with Crippen molar-refractivity contribution in [2.24, 2.45) is 5.92 Å². The van der Waals surface area contributed by atoms with Crippen molar-refractivity contribution in [2.75, 3.05) is 6.61 Å². The van der Waals surface area contributed by atoms with Gasteiger partial charge < -0.3 is 4.74 Å². The number of rotatable bonds is 7. The third-order valence-corrected chi connectivity index (χ3v) is 4.89. The summed E-state index contributed by atoms with van der Waals surface area (Å²) in [6.07, 6.45) is 2.05. The maximum atomic E-state index is 12.2. The maximum Gasteiger partial charge on any atom is 0.371 e. The fraction of sp³-hybridized carbons (Fsp3) is 0.400. The van der Waals surface area contributed by atoms with Crippen LogP contribution in [0.3, 0.4) is 0 Å². The number of hydrogen-bond acceptors (Lipinski definition) is 5. The van der Waals surface area contributed by atoms with Gasteiger partial charge in [-0.1, -0.05) is 28.1 Å². The average Bonchev–Trinajstić information content (AvgIpc) is 3.21. The molecular weight excluding hydrogens is 306 g/mol. The smallest absolute Gasteiger partial charge is 0.371 e. The van der Waals surface area contributed by atoms with Crippen molar-refractivity contribution < 1.29 is 27.7 Å². The van der Waals surface area contributed by atoms with E-state index in [0.29, 0.717) is 6.42 Å². The van der Waals surface area contributed by atoms with Gasteiger partial charge in [0, 0.05) is 6.42 Å². The summed E-state index contributed by atoms with van der Waals surface area (Å²) in [7, 11) is -3.95. The van der Waals surface area contributed by atoms with Crippen LogP contribution < -0.4 is 5.48 Å². The average molecular weight is 326 g/mol. The van der Waals surface area contributed by atoms with Gasteiger partial charge in [0.1, 0.15) is 0 Å². The molecule has 0 unspecified atom stereocenters. The van der Waals surface area contributed by atoms with E-state index in [0.717, 1.165) is 11.0 Å². The van der Waals surface area contributed by atoms with Gasteiger partial charge in [-0.25, -0.2) is 4.79 Å². The number of nitrogens with two attached hydrogens (primary N) is 1. The highest BCUT2D eigenvalue weighted by molar-refractivity contribution is 7.86. The van der Waals surface area contributed by atoms with Crippen LogP contribution in [-0.4, -0.2) is 26.5 Å². The number of carbonyl (C=O) groups excluding carboxylic acids is 1. The maximum absolute atomic E-state index is 12.2. The van der Waals surface area contributed by atoms with Crippen molar-refractivity contribution in [1.82, 2.24) is 0 Å². The van der Waals surface area contributed by atoms with Crippen LogP contribution in [-0.2, 0) is 23.9 Å². The zero-order valence-electron chi connectivity index (χ0n) is 12.6. The predicted molar refractivity (Wildman–Crippen MR) is 79.0 cm³/mol. The Balaban J connectivity index is 2.11. The molecule has 1 aromatic carbocycles. The molecule has 0 bridgehead atoms. The largest absolute Gasteiger partial charge is 0.461 e. The van der Waals surface area contributed by atoms with Gasteiger partial charge in [0.05, 0.1) is 17.4 Å². The van der Waals surface area contributed by atoms with Crippen molar-refractivity contribution in [1.29, 1.82) is 0 Å².